The Kier molecular flexibility index (Phi) is 5.21. The van der Waals surface area contributed by atoms with Gasteiger partial charge < -0.3 is 5.21 Å². The van der Waals surface area contributed by atoms with Gasteiger partial charge in [0, 0.05) is 6.54 Å². The maximum absolute atomic E-state index is 8.05. The Morgan fingerprint density at radius 2 is 2.00 bits per heavy atom. The number of hydrogen-bond donors (Lipinski definition) is 1. The van der Waals surface area contributed by atoms with Crippen LogP contribution in [0.5, 0.6) is 0 Å². The molecule has 0 aromatic carbocycles. The Hall–Kier alpha value is -0.570. The molecule has 0 saturated heterocycles. The van der Waals surface area contributed by atoms with Crippen LogP contribution in [-0.4, -0.2) is 36.0 Å². The van der Waals surface area contributed by atoms with E-state index in [1.54, 1.807) is 0 Å². The smallest absolute Gasteiger partial charge is 0.0576 e. The largest absolute Gasteiger partial charge is 0.411 e. The Balaban J connectivity index is 3.31. The summed E-state index contributed by atoms with van der Waals surface area (Å²) >= 11 is 0. The van der Waals surface area contributed by atoms with E-state index in [0.717, 1.165) is 19.6 Å². The van der Waals surface area contributed by atoms with Crippen LogP contribution in [0.1, 0.15) is 13.8 Å². The van der Waals surface area contributed by atoms with Crippen LogP contribution in [0, 0.1) is 0 Å². The van der Waals surface area contributed by atoms with Crippen molar-refractivity contribution in [3.63, 3.8) is 0 Å². The zero-order valence-corrected chi connectivity index (χ0v) is 6.04. The van der Waals surface area contributed by atoms with E-state index in [0.29, 0.717) is 0 Å². The monoisotopic (exact) mass is 130 g/mol. The average molecular weight is 130 g/mol. The first-order valence-electron chi connectivity index (χ1n) is 3.23. The second kappa shape index (κ2) is 5.56. The van der Waals surface area contributed by atoms with Crippen molar-refractivity contribution in [2.75, 3.05) is 19.6 Å². The number of hydrogen-bond acceptors (Lipinski definition) is 3. The lowest BCUT2D eigenvalue weighted by atomic mass is 10.5. The molecule has 0 aromatic heterocycles. The quantitative estimate of drug-likeness (QED) is 0.347. The summed E-state index contributed by atoms with van der Waals surface area (Å²) in [6, 6.07) is 0. The van der Waals surface area contributed by atoms with Crippen LogP contribution in [0.25, 0.3) is 0 Å². The fraction of sp³-hybridized carbons (Fsp3) is 0.833. The van der Waals surface area contributed by atoms with Gasteiger partial charge in [0.05, 0.1) is 6.21 Å². The van der Waals surface area contributed by atoms with Gasteiger partial charge in [0.1, 0.15) is 0 Å². The molecule has 0 atom stereocenters. The van der Waals surface area contributed by atoms with E-state index in [1.165, 1.54) is 6.21 Å². The number of nitrogens with zero attached hydrogens (tertiary/aromatic N) is 2. The van der Waals surface area contributed by atoms with Gasteiger partial charge in [-0.1, -0.05) is 13.8 Å². The molecule has 0 heterocycles. The first-order valence-corrected chi connectivity index (χ1v) is 3.23. The van der Waals surface area contributed by atoms with Crippen molar-refractivity contribution in [3.05, 3.63) is 0 Å². The predicted octanol–water partition coefficient (Wildman–Crippen LogP) is 0.788. The summed E-state index contributed by atoms with van der Waals surface area (Å²) < 4.78 is 0. The van der Waals surface area contributed by atoms with Gasteiger partial charge in [0.2, 0.25) is 0 Å². The average Bonchev–Trinajstić information content (AvgIpc) is 1.91. The molecule has 3 nitrogen and oxygen atoms in total. The highest BCUT2D eigenvalue weighted by atomic mass is 16.4. The second-order valence-electron chi connectivity index (χ2n) is 1.78. The lowest BCUT2D eigenvalue weighted by Gasteiger charge is -2.13. The summed E-state index contributed by atoms with van der Waals surface area (Å²) in [5.74, 6) is 0. The van der Waals surface area contributed by atoms with Crippen molar-refractivity contribution in [3.8, 4) is 0 Å². The summed E-state index contributed by atoms with van der Waals surface area (Å²) in [7, 11) is 0. The molecule has 9 heavy (non-hydrogen) atoms. The van der Waals surface area contributed by atoms with E-state index >= 15 is 0 Å². The molecule has 0 aromatic rings. The maximum Gasteiger partial charge on any atom is 0.0576 e. The third-order valence-corrected chi connectivity index (χ3v) is 1.32. The Bertz CT molecular complexity index is 79.1. The minimum absolute atomic E-state index is 0.740. The predicted molar refractivity (Wildman–Crippen MR) is 38.1 cm³/mol. The van der Waals surface area contributed by atoms with Crippen LogP contribution in [-0.2, 0) is 0 Å². The standard InChI is InChI=1S/C6H14N2O/c1-3-8(4-2)6-5-7-9/h5,9H,3-4,6H2,1-2H3/b7-5-. The third-order valence-electron chi connectivity index (χ3n) is 1.32. The van der Waals surface area contributed by atoms with Crippen LogP contribution < -0.4 is 0 Å². The molecule has 0 rings (SSSR count). The topological polar surface area (TPSA) is 35.8 Å². The molecule has 3 heteroatoms. The van der Waals surface area contributed by atoms with Gasteiger partial charge in [0.25, 0.3) is 0 Å². The van der Waals surface area contributed by atoms with Gasteiger partial charge in [0.15, 0.2) is 0 Å². The molecule has 54 valence electrons. The summed E-state index contributed by atoms with van der Waals surface area (Å²) in [6.07, 6.45) is 1.49. The number of rotatable bonds is 4. The van der Waals surface area contributed by atoms with Gasteiger partial charge in [-0.25, -0.2) is 0 Å². The van der Waals surface area contributed by atoms with Crippen molar-refractivity contribution < 1.29 is 5.21 Å². The van der Waals surface area contributed by atoms with E-state index in [2.05, 4.69) is 23.9 Å². The minimum atomic E-state index is 0.740. The lowest BCUT2D eigenvalue weighted by Crippen LogP contribution is -2.24. The third kappa shape index (κ3) is 3.97. The Labute approximate surface area is 56.0 Å². The van der Waals surface area contributed by atoms with Gasteiger partial charge in [-0.05, 0) is 13.1 Å². The molecule has 0 spiro atoms. The van der Waals surface area contributed by atoms with Crippen molar-refractivity contribution in [1.29, 1.82) is 0 Å². The molecule has 0 fully saturated rings. The summed E-state index contributed by atoms with van der Waals surface area (Å²) in [5.41, 5.74) is 0. The van der Waals surface area contributed by atoms with Crippen LogP contribution in [0.3, 0.4) is 0 Å². The Morgan fingerprint density at radius 1 is 1.44 bits per heavy atom. The maximum atomic E-state index is 8.05. The highest BCUT2D eigenvalue weighted by Gasteiger charge is 1.92. The normalized spacial score (nSPS) is 11.4. The van der Waals surface area contributed by atoms with E-state index < -0.39 is 0 Å². The van der Waals surface area contributed by atoms with Gasteiger partial charge in [-0.3, -0.25) is 4.90 Å². The molecular weight excluding hydrogens is 116 g/mol. The van der Waals surface area contributed by atoms with E-state index in [9.17, 15) is 0 Å². The van der Waals surface area contributed by atoms with Crippen molar-refractivity contribution >= 4 is 6.21 Å². The SMILES string of the molecule is CCN(CC)C/C=N\O. The lowest BCUT2D eigenvalue weighted by molar-refractivity contribution is 0.309. The van der Waals surface area contributed by atoms with Gasteiger partial charge >= 0.3 is 0 Å². The molecule has 0 amide bonds. The van der Waals surface area contributed by atoms with Crippen LogP contribution in [0.15, 0.2) is 5.16 Å². The molecule has 0 aliphatic rings. The molecule has 0 unspecified atom stereocenters. The van der Waals surface area contributed by atoms with Crippen LogP contribution in [0.4, 0.5) is 0 Å². The van der Waals surface area contributed by atoms with Gasteiger partial charge in [-0.2, -0.15) is 0 Å². The molecule has 0 saturated carbocycles. The fourth-order valence-corrected chi connectivity index (χ4v) is 0.634. The van der Waals surface area contributed by atoms with Crippen LogP contribution in [0.2, 0.25) is 0 Å². The molecule has 0 aliphatic heterocycles. The Morgan fingerprint density at radius 3 is 2.33 bits per heavy atom. The minimum Gasteiger partial charge on any atom is -0.411 e. The molecule has 0 bridgehead atoms. The first-order chi connectivity index (χ1) is 4.35. The van der Waals surface area contributed by atoms with E-state index in [4.69, 9.17) is 5.21 Å². The van der Waals surface area contributed by atoms with Crippen molar-refractivity contribution in [2.24, 2.45) is 5.16 Å². The van der Waals surface area contributed by atoms with E-state index in [-0.39, 0.29) is 0 Å². The molecule has 1 N–H and O–H groups in total. The summed E-state index contributed by atoms with van der Waals surface area (Å²) in [6.45, 7) is 6.90. The highest BCUT2D eigenvalue weighted by molar-refractivity contribution is 5.58. The molecule has 0 radical (unpaired) electrons. The zero-order chi connectivity index (χ0) is 7.11. The number of oxime groups is 1. The van der Waals surface area contributed by atoms with Crippen molar-refractivity contribution in [2.45, 2.75) is 13.8 Å². The zero-order valence-electron chi connectivity index (χ0n) is 6.04. The summed E-state index contributed by atoms with van der Waals surface area (Å²) in [4.78, 5) is 2.15. The first kappa shape index (κ1) is 8.43. The molecular formula is C6H14N2O. The van der Waals surface area contributed by atoms with Crippen molar-refractivity contribution in [1.82, 2.24) is 4.90 Å². The highest BCUT2D eigenvalue weighted by Crippen LogP contribution is 1.81. The summed E-state index contributed by atoms with van der Waals surface area (Å²) in [5, 5.41) is 11.0. The van der Waals surface area contributed by atoms with Gasteiger partial charge in [-0.15, -0.1) is 5.16 Å². The molecule has 0 aliphatic carbocycles. The van der Waals surface area contributed by atoms with E-state index in [1.807, 2.05) is 0 Å². The van der Waals surface area contributed by atoms with Crippen LogP contribution >= 0.6 is 0 Å². The fourth-order valence-electron chi connectivity index (χ4n) is 0.634. The second-order valence-corrected chi connectivity index (χ2v) is 1.78.